The topological polar surface area (TPSA) is 111 Å². The van der Waals surface area contributed by atoms with Gasteiger partial charge in [-0.3, -0.25) is 14.4 Å². The highest BCUT2D eigenvalue weighted by molar-refractivity contribution is 5.90. The van der Waals surface area contributed by atoms with Gasteiger partial charge in [-0.25, -0.2) is 4.79 Å². The average molecular weight is 386 g/mol. The minimum Gasteiger partial charge on any atom is -0.469 e. The minimum atomic E-state index is -0.824. The molecule has 8 heteroatoms. The Morgan fingerprint density at radius 2 is 1.48 bits per heavy atom. The van der Waals surface area contributed by atoms with Crippen molar-refractivity contribution in [2.24, 2.45) is 5.92 Å². The highest BCUT2D eigenvalue weighted by Crippen LogP contribution is 2.09. The Morgan fingerprint density at radius 3 is 1.96 bits per heavy atom. The summed E-state index contributed by atoms with van der Waals surface area (Å²) in [6.07, 6.45) is 1.51. The summed E-state index contributed by atoms with van der Waals surface area (Å²) in [4.78, 5) is 47.6. The summed E-state index contributed by atoms with van der Waals surface area (Å²) in [7, 11) is 1.32. The molecule has 0 radical (unpaired) electrons. The third kappa shape index (κ3) is 11.2. The molecular weight excluding hydrogens is 352 g/mol. The standard InChI is InChI=1S/C19H34N2O6/c1-12(2)16(21-14(22)10-8-9-11-15(23)26-7)17(24)20-13(3)18(25)27-19(4,5)6/h12-13,16H,8-11H2,1-7H3,(H,20,24)(H,21,22)/t13-,16-/m0/s1. The van der Waals surface area contributed by atoms with Crippen LogP contribution in [0.15, 0.2) is 0 Å². The lowest BCUT2D eigenvalue weighted by molar-refractivity contribution is -0.158. The van der Waals surface area contributed by atoms with Gasteiger partial charge in [0.15, 0.2) is 0 Å². The lowest BCUT2D eigenvalue weighted by Crippen LogP contribution is -2.53. The SMILES string of the molecule is COC(=O)CCCCC(=O)N[C@H](C(=O)N[C@@H](C)C(=O)OC(C)(C)C)C(C)C. The van der Waals surface area contributed by atoms with Gasteiger partial charge >= 0.3 is 11.9 Å². The van der Waals surface area contributed by atoms with Crippen molar-refractivity contribution >= 4 is 23.8 Å². The molecule has 0 aliphatic carbocycles. The van der Waals surface area contributed by atoms with Gasteiger partial charge in [-0.05, 0) is 46.5 Å². The van der Waals surface area contributed by atoms with Crippen LogP contribution in [-0.4, -0.2) is 48.5 Å². The number of esters is 2. The first-order valence-electron chi connectivity index (χ1n) is 9.26. The van der Waals surface area contributed by atoms with Crippen LogP contribution in [0.3, 0.4) is 0 Å². The van der Waals surface area contributed by atoms with Crippen LogP contribution in [0.2, 0.25) is 0 Å². The van der Waals surface area contributed by atoms with E-state index in [-0.39, 0.29) is 30.6 Å². The fourth-order valence-electron chi connectivity index (χ4n) is 2.19. The number of nitrogens with one attached hydrogen (secondary N) is 2. The van der Waals surface area contributed by atoms with Crippen molar-refractivity contribution < 1.29 is 28.7 Å². The van der Waals surface area contributed by atoms with E-state index in [0.29, 0.717) is 12.8 Å². The molecule has 156 valence electrons. The average Bonchev–Trinajstić information content (AvgIpc) is 2.54. The highest BCUT2D eigenvalue weighted by Gasteiger charge is 2.28. The van der Waals surface area contributed by atoms with E-state index in [2.05, 4.69) is 15.4 Å². The molecule has 2 amide bonds. The van der Waals surface area contributed by atoms with E-state index in [4.69, 9.17) is 4.74 Å². The van der Waals surface area contributed by atoms with Crippen molar-refractivity contribution in [3.8, 4) is 0 Å². The van der Waals surface area contributed by atoms with Crippen LogP contribution in [0.4, 0.5) is 0 Å². The van der Waals surface area contributed by atoms with Crippen molar-refractivity contribution in [3.05, 3.63) is 0 Å². The van der Waals surface area contributed by atoms with Crippen molar-refractivity contribution in [2.45, 2.75) is 84.9 Å². The summed E-state index contributed by atoms with van der Waals surface area (Å²) in [6, 6.07) is -1.59. The molecule has 0 heterocycles. The van der Waals surface area contributed by atoms with Crippen molar-refractivity contribution in [2.75, 3.05) is 7.11 Å². The molecule has 2 atom stereocenters. The second kappa shape index (κ2) is 11.6. The Kier molecular flexibility index (Phi) is 10.7. The summed E-state index contributed by atoms with van der Waals surface area (Å²) >= 11 is 0. The van der Waals surface area contributed by atoms with Crippen LogP contribution in [-0.2, 0) is 28.7 Å². The number of rotatable bonds is 10. The monoisotopic (exact) mass is 386 g/mol. The van der Waals surface area contributed by atoms with E-state index in [0.717, 1.165) is 0 Å². The first-order valence-corrected chi connectivity index (χ1v) is 9.26. The molecule has 0 saturated carbocycles. The van der Waals surface area contributed by atoms with Crippen LogP contribution in [0.5, 0.6) is 0 Å². The molecule has 2 N–H and O–H groups in total. The Hall–Kier alpha value is -2.12. The second-order valence-electron chi connectivity index (χ2n) is 7.84. The lowest BCUT2D eigenvalue weighted by Gasteiger charge is -2.26. The molecule has 8 nitrogen and oxygen atoms in total. The quantitative estimate of drug-likeness (QED) is 0.437. The van der Waals surface area contributed by atoms with Crippen LogP contribution in [0.25, 0.3) is 0 Å². The van der Waals surface area contributed by atoms with Gasteiger partial charge in [-0.1, -0.05) is 13.8 Å². The zero-order valence-corrected chi connectivity index (χ0v) is 17.5. The number of carbonyl (C=O) groups is 4. The molecule has 0 fully saturated rings. The molecule has 0 aliphatic heterocycles. The zero-order valence-electron chi connectivity index (χ0n) is 17.5. The number of hydrogen-bond acceptors (Lipinski definition) is 6. The van der Waals surface area contributed by atoms with Gasteiger partial charge in [0.05, 0.1) is 7.11 Å². The maximum Gasteiger partial charge on any atom is 0.328 e. The molecule has 0 unspecified atom stereocenters. The van der Waals surface area contributed by atoms with E-state index < -0.39 is 29.6 Å². The summed E-state index contributed by atoms with van der Waals surface area (Å²) in [5.74, 6) is -1.72. The van der Waals surface area contributed by atoms with Crippen LogP contribution < -0.4 is 10.6 Å². The Bertz CT molecular complexity index is 525. The summed E-state index contributed by atoms with van der Waals surface area (Å²) < 4.78 is 9.78. The van der Waals surface area contributed by atoms with Gasteiger partial charge in [-0.15, -0.1) is 0 Å². The number of amides is 2. The molecule has 0 aromatic heterocycles. The molecule has 27 heavy (non-hydrogen) atoms. The van der Waals surface area contributed by atoms with Gasteiger partial charge in [-0.2, -0.15) is 0 Å². The Morgan fingerprint density at radius 1 is 0.926 bits per heavy atom. The van der Waals surface area contributed by atoms with E-state index in [1.54, 1.807) is 34.6 Å². The molecule has 0 aliphatic rings. The third-order valence-electron chi connectivity index (χ3n) is 3.65. The molecule has 0 spiro atoms. The second-order valence-corrected chi connectivity index (χ2v) is 7.84. The van der Waals surface area contributed by atoms with Crippen LogP contribution in [0.1, 0.15) is 67.2 Å². The number of methoxy groups -OCH3 is 1. The fourth-order valence-corrected chi connectivity index (χ4v) is 2.19. The van der Waals surface area contributed by atoms with Gasteiger partial charge in [0.1, 0.15) is 17.7 Å². The minimum absolute atomic E-state index is 0.158. The number of hydrogen-bond donors (Lipinski definition) is 2. The normalized spacial score (nSPS) is 13.5. The largest absolute Gasteiger partial charge is 0.469 e. The molecule has 0 aromatic rings. The lowest BCUT2D eigenvalue weighted by atomic mass is 10.0. The summed E-state index contributed by atoms with van der Waals surface area (Å²) in [6.45, 7) is 10.4. The predicted octanol–water partition coefficient (Wildman–Crippen LogP) is 1.71. The van der Waals surface area contributed by atoms with Gasteiger partial charge in [0.2, 0.25) is 11.8 Å². The van der Waals surface area contributed by atoms with E-state index in [1.165, 1.54) is 14.0 Å². The number of unbranched alkanes of at least 4 members (excludes halogenated alkanes) is 1. The Labute approximate surface area is 161 Å². The van der Waals surface area contributed by atoms with Gasteiger partial charge < -0.3 is 20.1 Å². The van der Waals surface area contributed by atoms with Gasteiger partial charge in [0.25, 0.3) is 0 Å². The highest BCUT2D eigenvalue weighted by atomic mass is 16.6. The summed E-state index contributed by atoms with van der Waals surface area (Å²) in [5, 5.41) is 5.28. The van der Waals surface area contributed by atoms with Gasteiger partial charge in [0, 0.05) is 12.8 Å². The molecule has 0 aromatic carbocycles. The maximum absolute atomic E-state index is 12.5. The van der Waals surface area contributed by atoms with Crippen molar-refractivity contribution in [1.82, 2.24) is 10.6 Å². The Balaban J connectivity index is 4.56. The number of carbonyl (C=O) groups excluding carboxylic acids is 4. The maximum atomic E-state index is 12.5. The smallest absolute Gasteiger partial charge is 0.328 e. The predicted molar refractivity (Wildman–Crippen MR) is 101 cm³/mol. The molecule has 0 saturated heterocycles. The van der Waals surface area contributed by atoms with Crippen molar-refractivity contribution in [3.63, 3.8) is 0 Å². The third-order valence-corrected chi connectivity index (χ3v) is 3.65. The number of ether oxygens (including phenoxy) is 2. The molecular formula is C19H34N2O6. The molecule has 0 bridgehead atoms. The van der Waals surface area contributed by atoms with E-state index >= 15 is 0 Å². The van der Waals surface area contributed by atoms with Crippen LogP contribution >= 0.6 is 0 Å². The van der Waals surface area contributed by atoms with Crippen LogP contribution in [0, 0.1) is 5.92 Å². The first kappa shape index (κ1) is 24.9. The zero-order chi connectivity index (χ0) is 21.2. The van der Waals surface area contributed by atoms with Crippen molar-refractivity contribution in [1.29, 1.82) is 0 Å². The summed E-state index contributed by atoms with van der Waals surface area (Å²) in [5.41, 5.74) is -0.647. The fraction of sp³-hybridized carbons (Fsp3) is 0.789. The molecule has 0 rings (SSSR count). The van der Waals surface area contributed by atoms with E-state index in [1.807, 2.05) is 0 Å². The first-order chi connectivity index (χ1) is 12.4. The van der Waals surface area contributed by atoms with E-state index in [9.17, 15) is 19.2 Å².